The van der Waals surface area contributed by atoms with Crippen molar-refractivity contribution in [1.29, 1.82) is 0 Å². The van der Waals surface area contributed by atoms with E-state index in [-0.39, 0.29) is 12.1 Å². The number of rotatable bonds is 7. The summed E-state index contributed by atoms with van der Waals surface area (Å²) in [6.07, 6.45) is 7.41. The zero-order valence-corrected chi connectivity index (χ0v) is 20.5. The molecule has 0 saturated heterocycles. The van der Waals surface area contributed by atoms with Crippen LogP contribution >= 0.6 is 0 Å². The van der Waals surface area contributed by atoms with Crippen molar-refractivity contribution >= 4 is 17.7 Å². The molecule has 0 radical (unpaired) electrons. The summed E-state index contributed by atoms with van der Waals surface area (Å²) in [5.74, 6) is 0.0744. The third-order valence-corrected chi connectivity index (χ3v) is 6.71. The average molecular weight is 479 g/mol. The summed E-state index contributed by atoms with van der Waals surface area (Å²) >= 11 is 0. The van der Waals surface area contributed by atoms with Crippen LogP contribution in [-0.4, -0.2) is 30.9 Å². The van der Waals surface area contributed by atoms with Gasteiger partial charge in [0.2, 0.25) is 0 Å². The van der Waals surface area contributed by atoms with Crippen LogP contribution in [0.1, 0.15) is 69.0 Å². The molecule has 0 aromatic heterocycles. The Balaban J connectivity index is 1.53. The maximum Gasteiger partial charge on any atom is 0.341 e. The molecule has 0 bridgehead atoms. The van der Waals surface area contributed by atoms with Crippen LogP contribution in [0.4, 0.5) is 4.79 Å². The second-order valence-electron chi connectivity index (χ2n) is 9.25. The van der Waals surface area contributed by atoms with Crippen LogP contribution in [0, 0.1) is 5.92 Å². The Morgan fingerprint density at radius 2 is 1.71 bits per heavy atom. The Morgan fingerprint density at radius 1 is 1.00 bits per heavy atom. The molecular weight excluding hydrogens is 444 g/mol. The number of ether oxygens (including phenoxy) is 3. The van der Waals surface area contributed by atoms with Crippen LogP contribution in [0.5, 0.6) is 11.5 Å². The summed E-state index contributed by atoms with van der Waals surface area (Å²) in [6.45, 7) is 2.11. The van der Waals surface area contributed by atoms with E-state index >= 15 is 0 Å². The number of methoxy groups -OCH3 is 1. The van der Waals surface area contributed by atoms with Gasteiger partial charge < -0.3 is 19.5 Å². The number of hydrogen-bond donors (Lipinski definition) is 1. The molecule has 2 aliphatic rings. The van der Waals surface area contributed by atoms with Gasteiger partial charge in [-0.3, -0.25) is 4.79 Å². The fraction of sp³-hybridized carbons (Fsp3) is 0.464. The van der Waals surface area contributed by atoms with E-state index in [2.05, 4.69) is 10.3 Å². The highest BCUT2D eigenvalue weighted by Gasteiger charge is 2.39. The summed E-state index contributed by atoms with van der Waals surface area (Å²) in [4.78, 5) is 29.6. The number of nitrogens with one attached hydrogen (secondary N) is 1. The zero-order chi connectivity index (χ0) is 24.6. The van der Waals surface area contributed by atoms with Gasteiger partial charge in [0.15, 0.2) is 11.5 Å². The van der Waals surface area contributed by atoms with Crippen LogP contribution in [0.25, 0.3) is 0 Å². The molecule has 7 nitrogen and oxygen atoms in total. The second-order valence-corrected chi connectivity index (χ2v) is 9.25. The second kappa shape index (κ2) is 11.9. The quantitative estimate of drug-likeness (QED) is 0.511. The van der Waals surface area contributed by atoms with Gasteiger partial charge in [0.25, 0.3) is 0 Å². The van der Waals surface area contributed by atoms with Crippen molar-refractivity contribution in [2.24, 2.45) is 10.9 Å². The number of urea groups is 1. The average Bonchev–Trinajstić information content (AvgIpc) is 2.84. The van der Waals surface area contributed by atoms with Crippen LogP contribution in [0.2, 0.25) is 0 Å². The van der Waals surface area contributed by atoms with E-state index in [9.17, 15) is 9.59 Å². The Labute approximate surface area is 206 Å². The first-order valence-electron chi connectivity index (χ1n) is 12.5. The molecule has 1 aliphatic carbocycles. The minimum atomic E-state index is -0.695. The minimum absolute atomic E-state index is 0.0859. The monoisotopic (exact) mass is 478 g/mol. The molecule has 2 aromatic carbocycles. The lowest BCUT2D eigenvalue weighted by Gasteiger charge is -2.31. The SMILES string of the molecule is COc1cc(C2NC(=O)N=C(C)C2C(=O)OC2CCCCCCC2)ccc1OCc1ccccc1. The van der Waals surface area contributed by atoms with Gasteiger partial charge >= 0.3 is 12.0 Å². The number of carbonyl (C=O) groups excluding carboxylic acids is 2. The Hall–Kier alpha value is -3.35. The summed E-state index contributed by atoms with van der Waals surface area (Å²) < 4.78 is 17.5. The van der Waals surface area contributed by atoms with Gasteiger partial charge in [-0.1, -0.05) is 55.7 Å². The molecule has 2 aromatic rings. The van der Waals surface area contributed by atoms with Crippen LogP contribution in [-0.2, 0) is 16.1 Å². The highest BCUT2D eigenvalue weighted by Crippen LogP contribution is 2.35. The molecule has 1 fully saturated rings. The normalized spacial score (nSPS) is 21.2. The summed E-state index contributed by atoms with van der Waals surface area (Å²) in [7, 11) is 1.57. The molecule has 4 rings (SSSR count). The van der Waals surface area contributed by atoms with Crippen molar-refractivity contribution in [2.75, 3.05) is 7.11 Å². The molecule has 2 amide bonds. The highest BCUT2D eigenvalue weighted by molar-refractivity contribution is 6.08. The third-order valence-electron chi connectivity index (χ3n) is 6.71. The first-order chi connectivity index (χ1) is 17.0. The molecule has 1 aliphatic heterocycles. The van der Waals surface area contributed by atoms with E-state index in [0.29, 0.717) is 23.8 Å². The van der Waals surface area contributed by atoms with Crippen LogP contribution < -0.4 is 14.8 Å². The molecule has 35 heavy (non-hydrogen) atoms. The Morgan fingerprint density at radius 3 is 2.43 bits per heavy atom. The van der Waals surface area contributed by atoms with E-state index in [1.807, 2.05) is 42.5 Å². The number of aliphatic imine (C=N–C) groups is 1. The van der Waals surface area contributed by atoms with Gasteiger partial charge in [-0.25, -0.2) is 9.79 Å². The van der Waals surface area contributed by atoms with E-state index in [1.54, 1.807) is 20.1 Å². The van der Waals surface area contributed by atoms with E-state index in [0.717, 1.165) is 36.8 Å². The van der Waals surface area contributed by atoms with Gasteiger partial charge in [-0.2, -0.15) is 0 Å². The van der Waals surface area contributed by atoms with E-state index in [4.69, 9.17) is 14.2 Å². The molecule has 1 N–H and O–H groups in total. The zero-order valence-electron chi connectivity index (χ0n) is 20.5. The van der Waals surface area contributed by atoms with Gasteiger partial charge in [0, 0.05) is 5.71 Å². The number of carbonyl (C=O) groups is 2. The number of esters is 1. The fourth-order valence-corrected chi connectivity index (χ4v) is 4.81. The Bertz CT molecular complexity index is 1040. The largest absolute Gasteiger partial charge is 0.493 e. The summed E-state index contributed by atoms with van der Waals surface area (Å²) in [5.41, 5.74) is 2.23. The standard InChI is InChI=1S/C28H34N2O5/c1-19-25(27(31)35-22-13-9-4-3-5-10-14-22)26(30-28(32)29-19)21-15-16-23(24(17-21)33-2)34-18-20-11-7-6-8-12-20/h6-8,11-12,15-17,22,25-26H,3-5,9-10,13-14,18H2,1-2H3,(H,30,32). The maximum atomic E-state index is 13.3. The first kappa shape index (κ1) is 24.8. The maximum absolute atomic E-state index is 13.3. The van der Waals surface area contributed by atoms with Gasteiger partial charge in [-0.05, 0) is 55.9 Å². The summed E-state index contributed by atoms with van der Waals surface area (Å²) in [6, 6.07) is 14.3. The number of hydrogen-bond acceptors (Lipinski definition) is 5. The van der Waals surface area contributed by atoms with Crippen molar-refractivity contribution in [3.05, 3.63) is 59.7 Å². The molecule has 186 valence electrons. The summed E-state index contributed by atoms with van der Waals surface area (Å²) in [5, 5.41) is 2.86. The number of amides is 2. The highest BCUT2D eigenvalue weighted by atomic mass is 16.5. The van der Waals surface area contributed by atoms with Gasteiger partial charge in [-0.15, -0.1) is 0 Å². The molecule has 1 saturated carbocycles. The number of nitrogens with zero attached hydrogens (tertiary/aromatic N) is 1. The smallest absolute Gasteiger partial charge is 0.341 e. The van der Waals surface area contributed by atoms with Crippen molar-refractivity contribution < 1.29 is 23.8 Å². The van der Waals surface area contributed by atoms with Crippen molar-refractivity contribution in [3.8, 4) is 11.5 Å². The lowest BCUT2D eigenvalue weighted by Crippen LogP contribution is -2.45. The van der Waals surface area contributed by atoms with Gasteiger partial charge in [0.1, 0.15) is 18.6 Å². The van der Waals surface area contributed by atoms with E-state index < -0.39 is 18.0 Å². The lowest BCUT2D eigenvalue weighted by atomic mass is 9.88. The van der Waals surface area contributed by atoms with Crippen LogP contribution in [0.15, 0.2) is 53.5 Å². The molecule has 0 spiro atoms. The van der Waals surface area contributed by atoms with Crippen LogP contribution in [0.3, 0.4) is 0 Å². The first-order valence-corrected chi connectivity index (χ1v) is 12.5. The molecule has 2 atom stereocenters. The molecule has 2 unspecified atom stereocenters. The number of benzene rings is 2. The Kier molecular flexibility index (Phi) is 8.40. The lowest BCUT2D eigenvalue weighted by molar-refractivity contribution is -0.153. The van der Waals surface area contributed by atoms with E-state index in [1.165, 1.54) is 19.3 Å². The molecule has 7 heteroatoms. The molecular formula is C28H34N2O5. The predicted molar refractivity (Wildman–Crippen MR) is 134 cm³/mol. The molecule has 1 heterocycles. The minimum Gasteiger partial charge on any atom is -0.493 e. The third kappa shape index (κ3) is 6.41. The fourth-order valence-electron chi connectivity index (χ4n) is 4.81. The predicted octanol–water partition coefficient (Wildman–Crippen LogP) is 5.77. The van der Waals surface area contributed by atoms with Gasteiger partial charge in [0.05, 0.1) is 13.2 Å². The van der Waals surface area contributed by atoms with Crippen molar-refractivity contribution in [3.63, 3.8) is 0 Å². The van der Waals surface area contributed by atoms with Crippen molar-refractivity contribution in [1.82, 2.24) is 5.32 Å². The van der Waals surface area contributed by atoms with Crippen molar-refractivity contribution in [2.45, 2.75) is 70.6 Å². The topological polar surface area (TPSA) is 86.2 Å².